The SMILES string of the molecule is CC(C)(C)OC(=O)CCCOc1ncc(I)cn1.CC(C)(C)OC=O.CCCO.Clc1ncc(I)cn1. The molecule has 0 aliphatic heterocycles. The Bertz CT molecular complexity index is 839. The molecule has 0 saturated carbocycles. The van der Waals surface area contributed by atoms with Gasteiger partial charge in [0.25, 0.3) is 6.47 Å². The summed E-state index contributed by atoms with van der Waals surface area (Å²) in [5.41, 5.74) is -0.751. The first-order valence-corrected chi connectivity index (χ1v) is 13.8. The van der Waals surface area contributed by atoms with Crippen LogP contribution in [0.2, 0.25) is 5.28 Å². The fraction of sp³-hybridized carbons (Fsp3) is 0.583. The highest BCUT2D eigenvalue weighted by molar-refractivity contribution is 14.1. The Morgan fingerprint density at radius 2 is 1.43 bits per heavy atom. The van der Waals surface area contributed by atoms with E-state index in [-0.39, 0.29) is 11.6 Å². The number of hydrogen-bond donors (Lipinski definition) is 1. The summed E-state index contributed by atoms with van der Waals surface area (Å²) in [6, 6.07) is 0.333. The van der Waals surface area contributed by atoms with Crippen LogP contribution in [0.1, 0.15) is 67.7 Å². The van der Waals surface area contributed by atoms with Gasteiger partial charge >= 0.3 is 12.0 Å². The summed E-state index contributed by atoms with van der Waals surface area (Å²) in [5, 5.41) is 8.17. The average molecular weight is 767 g/mol. The van der Waals surface area contributed by atoms with Gasteiger partial charge in [-0.05, 0) is 111 Å². The van der Waals surface area contributed by atoms with Gasteiger partial charge in [0, 0.05) is 45.0 Å². The van der Waals surface area contributed by atoms with Crippen molar-refractivity contribution in [3.05, 3.63) is 37.2 Å². The van der Waals surface area contributed by atoms with Crippen LogP contribution in [0.3, 0.4) is 0 Å². The standard InChI is InChI=1S/C12H17IN2O3.C5H10O2.C4H2ClIN2.C3H8O/c1-12(2,3)18-10(16)5-4-6-17-11-14-7-9(13)8-15-11;1-5(2,3)7-4-6;5-4-7-1-3(6)2-8-4;1-2-3-4/h7-8H,4-6H2,1-3H3;4H,1-3H3;1-2H;4H,2-3H2,1H3. The van der Waals surface area contributed by atoms with Gasteiger partial charge in [0.05, 0.1) is 6.61 Å². The van der Waals surface area contributed by atoms with Crippen molar-refractivity contribution in [2.24, 2.45) is 0 Å². The lowest BCUT2D eigenvalue weighted by Gasteiger charge is -2.19. The lowest BCUT2D eigenvalue weighted by Crippen LogP contribution is -2.24. The third-order valence-electron chi connectivity index (χ3n) is 2.99. The number of carbonyl (C=O) groups is 2. The summed E-state index contributed by atoms with van der Waals surface area (Å²) in [4.78, 5) is 36.4. The third kappa shape index (κ3) is 29.0. The molecule has 0 atom stereocenters. The van der Waals surface area contributed by atoms with Gasteiger partial charge < -0.3 is 19.3 Å². The number of halogens is 3. The van der Waals surface area contributed by atoms with Gasteiger partial charge in [-0.15, -0.1) is 0 Å². The number of carbonyl (C=O) groups excluding carboxylic acids is 2. The van der Waals surface area contributed by atoms with E-state index in [1.165, 1.54) is 0 Å². The summed E-state index contributed by atoms with van der Waals surface area (Å²) in [6.07, 6.45) is 8.48. The minimum absolute atomic E-state index is 0.213. The fourth-order valence-electron chi connectivity index (χ4n) is 1.59. The molecule has 10 nitrogen and oxygen atoms in total. The predicted octanol–water partition coefficient (Wildman–Crippen LogP) is 5.66. The van der Waals surface area contributed by atoms with Crippen LogP contribution in [0.5, 0.6) is 6.01 Å². The third-order valence-corrected chi connectivity index (χ3v) is 4.30. The molecule has 2 rings (SSSR count). The molecule has 0 bridgehead atoms. The Balaban J connectivity index is 0. The molecule has 0 amide bonds. The van der Waals surface area contributed by atoms with Gasteiger partial charge in [-0.2, -0.15) is 0 Å². The summed E-state index contributed by atoms with van der Waals surface area (Å²) < 4.78 is 17.0. The minimum atomic E-state index is -0.433. The van der Waals surface area contributed by atoms with Crippen molar-refractivity contribution in [2.45, 2.75) is 78.9 Å². The molecule has 37 heavy (non-hydrogen) atoms. The Morgan fingerprint density at radius 3 is 1.76 bits per heavy atom. The van der Waals surface area contributed by atoms with Crippen molar-refractivity contribution in [3.63, 3.8) is 0 Å². The van der Waals surface area contributed by atoms with Crippen molar-refractivity contribution in [1.29, 1.82) is 0 Å². The van der Waals surface area contributed by atoms with E-state index in [2.05, 4.69) is 69.9 Å². The van der Waals surface area contributed by atoms with Gasteiger partial charge in [0.15, 0.2) is 0 Å². The van der Waals surface area contributed by atoms with Gasteiger partial charge in [-0.3, -0.25) is 9.59 Å². The van der Waals surface area contributed by atoms with E-state index in [0.29, 0.717) is 43.8 Å². The number of aliphatic hydroxyl groups excluding tert-OH is 1. The lowest BCUT2D eigenvalue weighted by atomic mass is 10.2. The Hall–Kier alpha value is -1.39. The molecule has 13 heteroatoms. The molecule has 0 radical (unpaired) electrons. The maximum atomic E-state index is 11.4. The van der Waals surface area contributed by atoms with Crippen LogP contribution in [0.15, 0.2) is 24.8 Å². The molecule has 1 N–H and O–H groups in total. The van der Waals surface area contributed by atoms with Crippen LogP contribution in [-0.2, 0) is 19.1 Å². The van der Waals surface area contributed by atoms with Crippen molar-refractivity contribution < 1.29 is 28.9 Å². The molecule has 0 aromatic carbocycles. The van der Waals surface area contributed by atoms with Crippen LogP contribution in [0.25, 0.3) is 0 Å². The van der Waals surface area contributed by atoms with Crippen LogP contribution < -0.4 is 4.74 Å². The topological polar surface area (TPSA) is 134 Å². The van der Waals surface area contributed by atoms with E-state index in [1.54, 1.807) is 24.8 Å². The fourth-order valence-corrected chi connectivity index (χ4v) is 2.24. The zero-order valence-electron chi connectivity index (χ0n) is 22.3. The van der Waals surface area contributed by atoms with Gasteiger partial charge in [-0.25, -0.2) is 19.9 Å². The normalized spacial score (nSPS) is 10.2. The number of aliphatic hydroxyl groups is 1. The maximum Gasteiger partial charge on any atom is 0.316 e. The second-order valence-corrected chi connectivity index (χ2v) is 11.8. The second kappa shape index (κ2) is 21.5. The first-order chi connectivity index (χ1) is 17.1. The number of nitrogens with zero attached hydrogens (tertiary/aromatic N) is 4. The van der Waals surface area contributed by atoms with E-state index >= 15 is 0 Å². The van der Waals surface area contributed by atoms with E-state index in [9.17, 15) is 9.59 Å². The molecular formula is C24H37ClI2N4O6. The molecule has 0 aliphatic carbocycles. The number of ether oxygens (including phenoxy) is 3. The van der Waals surface area contributed by atoms with E-state index in [0.717, 1.165) is 13.6 Å². The second-order valence-electron chi connectivity index (χ2n) is 8.94. The monoisotopic (exact) mass is 766 g/mol. The molecule has 210 valence electrons. The molecule has 0 unspecified atom stereocenters. The van der Waals surface area contributed by atoms with Crippen LogP contribution in [0.4, 0.5) is 0 Å². The van der Waals surface area contributed by atoms with Gasteiger partial charge in [0.1, 0.15) is 11.2 Å². The summed E-state index contributed by atoms with van der Waals surface area (Å²) in [5.74, 6) is -0.213. The molecular weight excluding hydrogens is 730 g/mol. The number of rotatable bonds is 7. The molecule has 2 heterocycles. The first-order valence-electron chi connectivity index (χ1n) is 11.3. The predicted molar refractivity (Wildman–Crippen MR) is 159 cm³/mol. The number of aromatic nitrogens is 4. The van der Waals surface area contributed by atoms with E-state index in [1.807, 2.05) is 48.5 Å². The quantitative estimate of drug-likeness (QED) is 0.124. The summed E-state index contributed by atoms with van der Waals surface area (Å²) >= 11 is 9.62. The van der Waals surface area contributed by atoms with Crippen molar-refractivity contribution >= 4 is 69.2 Å². The Morgan fingerprint density at radius 1 is 0.973 bits per heavy atom. The highest BCUT2D eigenvalue weighted by atomic mass is 127. The zero-order chi connectivity index (χ0) is 28.9. The van der Waals surface area contributed by atoms with Crippen molar-refractivity contribution in [2.75, 3.05) is 13.2 Å². The summed E-state index contributed by atoms with van der Waals surface area (Å²) in [7, 11) is 0. The van der Waals surface area contributed by atoms with Crippen LogP contribution in [0, 0.1) is 7.14 Å². The van der Waals surface area contributed by atoms with Crippen LogP contribution >= 0.6 is 56.8 Å². The Kier molecular flexibility index (Phi) is 22.0. The molecule has 2 aromatic rings. The maximum absolute atomic E-state index is 11.4. The Labute approximate surface area is 252 Å². The molecule has 0 spiro atoms. The highest BCUT2D eigenvalue weighted by Crippen LogP contribution is 2.10. The largest absolute Gasteiger partial charge is 0.463 e. The highest BCUT2D eigenvalue weighted by Gasteiger charge is 2.15. The van der Waals surface area contributed by atoms with Crippen LogP contribution in [-0.4, -0.2) is 61.9 Å². The van der Waals surface area contributed by atoms with E-state index in [4.69, 9.17) is 26.2 Å². The van der Waals surface area contributed by atoms with Gasteiger partial charge in [0.2, 0.25) is 5.28 Å². The molecule has 0 aliphatic rings. The summed E-state index contributed by atoms with van der Waals surface area (Å²) in [6.45, 7) is 14.1. The number of esters is 1. The lowest BCUT2D eigenvalue weighted by molar-refractivity contribution is -0.155. The average Bonchev–Trinajstić information content (AvgIpc) is 2.79. The van der Waals surface area contributed by atoms with Crippen molar-refractivity contribution in [3.8, 4) is 6.01 Å². The van der Waals surface area contributed by atoms with Crippen molar-refractivity contribution in [1.82, 2.24) is 19.9 Å². The molecule has 0 fully saturated rings. The smallest absolute Gasteiger partial charge is 0.316 e. The minimum Gasteiger partial charge on any atom is -0.463 e. The number of hydrogen-bond acceptors (Lipinski definition) is 10. The molecule has 2 aromatic heterocycles. The molecule has 0 saturated heterocycles. The van der Waals surface area contributed by atoms with Gasteiger partial charge in [-0.1, -0.05) is 6.92 Å². The van der Waals surface area contributed by atoms with E-state index < -0.39 is 5.60 Å². The first kappa shape index (κ1) is 37.8. The zero-order valence-corrected chi connectivity index (χ0v) is 27.4.